The van der Waals surface area contributed by atoms with Gasteiger partial charge in [0.1, 0.15) is 0 Å². The van der Waals surface area contributed by atoms with Crippen LogP contribution in [0.1, 0.15) is 44.6 Å². The summed E-state index contributed by atoms with van der Waals surface area (Å²) < 4.78 is 0. The van der Waals surface area contributed by atoms with Crippen molar-refractivity contribution in [2.45, 2.75) is 45.6 Å². The molecule has 0 saturated carbocycles. The van der Waals surface area contributed by atoms with E-state index in [9.17, 15) is 4.79 Å². The maximum atomic E-state index is 11.6. The van der Waals surface area contributed by atoms with Gasteiger partial charge in [-0.3, -0.25) is 4.79 Å². The molecule has 1 heterocycles. The molecule has 6 heteroatoms. The molecule has 1 aliphatic heterocycles. The van der Waals surface area contributed by atoms with E-state index in [1.54, 1.807) is 5.57 Å². The van der Waals surface area contributed by atoms with Gasteiger partial charge in [0.15, 0.2) is 5.96 Å². The summed E-state index contributed by atoms with van der Waals surface area (Å²) in [4.78, 5) is 18.4. The van der Waals surface area contributed by atoms with Crippen LogP contribution in [0, 0.1) is 0 Å². The van der Waals surface area contributed by atoms with Crippen LogP contribution in [0.2, 0.25) is 0 Å². The molecule has 0 unspecified atom stereocenters. The average Bonchev–Trinajstić information content (AvgIpc) is 2.73. The van der Waals surface area contributed by atoms with E-state index >= 15 is 0 Å². The number of nitrogens with one attached hydrogen (secondary N) is 3. The van der Waals surface area contributed by atoms with Gasteiger partial charge in [-0.2, -0.15) is 0 Å². The highest BCUT2D eigenvalue weighted by atomic mass is 16.2. The normalized spacial score (nSPS) is 17.8. The first-order valence-electron chi connectivity index (χ1n) is 10.6. The highest BCUT2D eigenvalue weighted by molar-refractivity contribution is 5.82. The molecule has 0 spiro atoms. The molecule has 0 aromatic heterocycles. The molecule has 0 bridgehead atoms. The summed E-state index contributed by atoms with van der Waals surface area (Å²) in [6, 6.07) is 8.36. The highest BCUT2D eigenvalue weighted by Gasteiger charge is 2.16. The number of aliphatic imine (C=N–C) groups is 1. The molecule has 3 rings (SSSR count). The fourth-order valence-corrected chi connectivity index (χ4v) is 3.66. The standard InChI is InChI=1S/C22H33N5O/c1-2-23-22(25-13-12-18-6-4-3-5-7-18)26-16-19-8-10-20(11-9-19)27-15-14-24-21(28)17-27/h6,8-11H,2-5,7,12-17H2,1H3,(H,24,28)(H2,23,25,26). The molecule has 3 N–H and O–H groups in total. The summed E-state index contributed by atoms with van der Waals surface area (Å²) in [6.07, 6.45) is 8.66. The van der Waals surface area contributed by atoms with E-state index < -0.39 is 0 Å². The van der Waals surface area contributed by atoms with E-state index in [-0.39, 0.29) is 5.91 Å². The van der Waals surface area contributed by atoms with Gasteiger partial charge < -0.3 is 20.9 Å². The minimum atomic E-state index is 0.0882. The van der Waals surface area contributed by atoms with Gasteiger partial charge in [-0.15, -0.1) is 0 Å². The quantitative estimate of drug-likeness (QED) is 0.385. The summed E-state index contributed by atoms with van der Waals surface area (Å²) in [5.74, 6) is 0.959. The van der Waals surface area contributed by atoms with E-state index in [1.165, 1.54) is 25.7 Å². The van der Waals surface area contributed by atoms with Crippen LogP contribution < -0.4 is 20.9 Å². The van der Waals surface area contributed by atoms with Crippen LogP contribution in [0.4, 0.5) is 5.69 Å². The van der Waals surface area contributed by atoms with Gasteiger partial charge in [-0.25, -0.2) is 4.99 Å². The van der Waals surface area contributed by atoms with Crippen molar-refractivity contribution in [2.24, 2.45) is 4.99 Å². The minimum Gasteiger partial charge on any atom is -0.360 e. The van der Waals surface area contributed by atoms with Crippen molar-refractivity contribution >= 4 is 17.6 Å². The number of allylic oxidation sites excluding steroid dienone is 1. The third-order valence-electron chi connectivity index (χ3n) is 5.23. The predicted molar refractivity (Wildman–Crippen MR) is 116 cm³/mol. The molecule has 1 aliphatic carbocycles. The van der Waals surface area contributed by atoms with Gasteiger partial charge in [0.05, 0.1) is 13.1 Å². The Labute approximate surface area is 168 Å². The second-order valence-electron chi connectivity index (χ2n) is 7.42. The SMILES string of the molecule is CCNC(=NCc1ccc(N2CCNC(=O)C2)cc1)NCCC1=CCCCC1. The van der Waals surface area contributed by atoms with Gasteiger partial charge in [0.2, 0.25) is 5.91 Å². The number of nitrogens with zero attached hydrogens (tertiary/aromatic N) is 2. The van der Waals surface area contributed by atoms with Crippen LogP contribution in [-0.4, -0.2) is 44.6 Å². The first-order chi connectivity index (χ1) is 13.7. The summed E-state index contributed by atoms with van der Waals surface area (Å²) in [6.45, 7) is 6.50. The number of guanidine groups is 1. The van der Waals surface area contributed by atoms with Crippen LogP contribution in [-0.2, 0) is 11.3 Å². The molecule has 1 aromatic rings. The smallest absolute Gasteiger partial charge is 0.239 e. The van der Waals surface area contributed by atoms with Crippen LogP contribution in [0.5, 0.6) is 0 Å². The first-order valence-corrected chi connectivity index (χ1v) is 10.6. The zero-order valence-corrected chi connectivity index (χ0v) is 17.0. The Morgan fingerprint density at radius 2 is 2.07 bits per heavy atom. The van der Waals surface area contributed by atoms with Crippen molar-refractivity contribution in [1.82, 2.24) is 16.0 Å². The number of carbonyl (C=O) groups excluding carboxylic acids is 1. The first kappa shape index (κ1) is 20.2. The third-order valence-corrected chi connectivity index (χ3v) is 5.23. The van der Waals surface area contributed by atoms with Gasteiger partial charge in [0, 0.05) is 31.9 Å². The summed E-state index contributed by atoms with van der Waals surface area (Å²) >= 11 is 0. The predicted octanol–water partition coefficient (Wildman–Crippen LogP) is 2.57. The van der Waals surface area contributed by atoms with E-state index in [4.69, 9.17) is 4.99 Å². The maximum absolute atomic E-state index is 11.6. The molecule has 152 valence electrons. The number of amides is 1. The van der Waals surface area contributed by atoms with Crippen molar-refractivity contribution in [1.29, 1.82) is 0 Å². The molecule has 0 atom stereocenters. The Morgan fingerprint density at radius 1 is 1.21 bits per heavy atom. The number of carbonyl (C=O) groups is 1. The lowest BCUT2D eigenvalue weighted by atomic mass is 9.97. The molecule has 28 heavy (non-hydrogen) atoms. The van der Waals surface area contributed by atoms with Crippen LogP contribution >= 0.6 is 0 Å². The Kier molecular flexibility index (Phi) is 7.76. The van der Waals surface area contributed by atoms with Crippen LogP contribution in [0.15, 0.2) is 40.9 Å². The monoisotopic (exact) mass is 383 g/mol. The molecule has 1 aromatic carbocycles. The number of benzene rings is 1. The van der Waals surface area contributed by atoms with E-state index in [1.807, 2.05) is 0 Å². The van der Waals surface area contributed by atoms with Crippen molar-refractivity contribution in [3.63, 3.8) is 0 Å². The Hall–Kier alpha value is -2.50. The average molecular weight is 384 g/mol. The minimum absolute atomic E-state index is 0.0882. The lowest BCUT2D eigenvalue weighted by Gasteiger charge is -2.28. The fourth-order valence-electron chi connectivity index (χ4n) is 3.66. The van der Waals surface area contributed by atoms with Crippen molar-refractivity contribution in [3.8, 4) is 0 Å². The second kappa shape index (κ2) is 10.7. The maximum Gasteiger partial charge on any atom is 0.239 e. The fraction of sp³-hybridized carbons (Fsp3) is 0.545. The molecule has 0 radical (unpaired) electrons. The molecule has 1 fully saturated rings. The largest absolute Gasteiger partial charge is 0.360 e. The summed E-state index contributed by atoms with van der Waals surface area (Å²) in [7, 11) is 0. The van der Waals surface area contributed by atoms with E-state index in [0.29, 0.717) is 19.6 Å². The van der Waals surface area contributed by atoms with E-state index in [0.717, 1.165) is 43.3 Å². The van der Waals surface area contributed by atoms with Gasteiger partial charge in [-0.05, 0) is 56.7 Å². The zero-order chi connectivity index (χ0) is 19.6. The molecule has 1 amide bonds. The molecular weight excluding hydrogens is 350 g/mol. The highest BCUT2D eigenvalue weighted by Crippen LogP contribution is 2.19. The Morgan fingerprint density at radius 3 is 2.79 bits per heavy atom. The van der Waals surface area contributed by atoms with E-state index in [2.05, 4.69) is 58.1 Å². The van der Waals surface area contributed by atoms with Gasteiger partial charge in [0.25, 0.3) is 0 Å². The van der Waals surface area contributed by atoms with Gasteiger partial charge in [-0.1, -0.05) is 23.8 Å². The molecule has 2 aliphatic rings. The second-order valence-corrected chi connectivity index (χ2v) is 7.42. The van der Waals surface area contributed by atoms with Crippen molar-refractivity contribution in [2.75, 3.05) is 37.6 Å². The van der Waals surface area contributed by atoms with Gasteiger partial charge >= 0.3 is 0 Å². The number of hydrogen-bond acceptors (Lipinski definition) is 3. The van der Waals surface area contributed by atoms with Crippen molar-refractivity contribution in [3.05, 3.63) is 41.5 Å². The van der Waals surface area contributed by atoms with Crippen LogP contribution in [0.3, 0.4) is 0 Å². The lowest BCUT2D eigenvalue weighted by molar-refractivity contribution is -0.120. The number of anilines is 1. The molecule has 1 saturated heterocycles. The topological polar surface area (TPSA) is 68.8 Å². The van der Waals surface area contributed by atoms with Crippen LogP contribution in [0.25, 0.3) is 0 Å². The molecule has 6 nitrogen and oxygen atoms in total. The number of hydrogen-bond donors (Lipinski definition) is 3. The summed E-state index contributed by atoms with van der Waals surface area (Å²) in [5.41, 5.74) is 3.84. The number of rotatable bonds is 7. The van der Waals surface area contributed by atoms with Crippen molar-refractivity contribution < 1.29 is 4.79 Å². The lowest BCUT2D eigenvalue weighted by Crippen LogP contribution is -2.47. The zero-order valence-electron chi connectivity index (χ0n) is 17.0. The number of piperazine rings is 1. The molecular formula is C22H33N5O. The third kappa shape index (κ3) is 6.29. The summed E-state index contributed by atoms with van der Waals surface area (Å²) in [5, 5.41) is 9.64. The Balaban J connectivity index is 1.50. The Bertz CT molecular complexity index is 695.